The van der Waals surface area contributed by atoms with E-state index in [1.165, 1.54) is 17.0 Å². The summed E-state index contributed by atoms with van der Waals surface area (Å²) in [6, 6.07) is 10.2. The van der Waals surface area contributed by atoms with Gasteiger partial charge in [-0.3, -0.25) is 4.79 Å². The second-order valence-electron chi connectivity index (χ2n) is 4.77. The molecule has 0 aliphatic carbocycles. The molecule has 0 bridgehead atoms. The minimum absolute atomic E-state index is 0.0402. The lowest BCUT2D eigenvalue weighted by Crippen LogP contribution is -2.26. The molecule has 4 heteroatoms. The predicted octanol–water partition coefficient (Wildman–Crippen LogP) is 4.09. The summed E-state index contributed by atoms with van der Waals surface area (Å²) in [7, 11) is 0. The van der Waals surface area contributed by atoms with Gasteiger partial charge in [0.05, 0.1) is 6.04 Å². The first-order valence-electron chi connectivity index (χ1n) is 6.72. The van der Waals surface area contributed by atoms with Gasteiger partial charge in [0.2, 0.25) is 5.91 Å². The van der Waals surface area contributed by atoms with Crippen molar-refractivity contribution in [1.29, 1.82) is 0 Å². The Hall–Kier alpha value is -1.68. The van der Waals surface area contributed by atoms with Crippen molar-refractivity contribution >= 4 is 17.2 Å². The van der Waals surface area contributed by atoms with E-state index in [9.17, 15) is 9.18 Å². The molecule has 2 rings (SSSR count). The summed E-state index contributed by atoms with van der Waals surface area (Å²) in [6.45, 7) is 1.91. The molecular formula is C16H18FNOS. The van der Waals surface area contributed by atoms with Gasteiger partial charge in [-0.2, -0.15) is 0 Å². The van der Waals surface area contributed by atoms with Crippen LogP contribution in [0.2, 0.25) is 0 Å². The van der Waals surface area contributed by atoms with Crippen LogP contribution >= 0.6 is 11.3 Å². The lowest BCUT2D eigenvalue weighted by molar-refractivity contribution is -0.121. The smallest absolute Gasteiger partial charge is 0.220 e. The third kappa shape index (κ3) is 4.46. The number of thiophene rings is 1. The molecule has 1 atom stereocenters. The Labute approximate surface area is 122 Å². The molecule has 2 aromatic rings. The molecule has 1 unspecified atom stereocenters. The molecule has 20 heavy (non-hydrogen) atoms. The fourth-order valence-corrected chi connectivity index (χ4v) is 2.78. The lowest BCUT2D eigenvalue weighted by Gasteiger charge is -2.14. The Morgan fingerprint density at radius 2 is 2.05 bits per heavy atom. The zero-order valence-corrected chi connectivity index (χ0v) is 12.3. The predicted molar refractivity (Wildman–Crippen MR) is 80.2 cm³/mol. The van der Waals surface area contributed by atoms with Crippen LogP contribution < -0.4 is 5.32 Å². The van der Waals surface area contributed by atoms with Gasteiger partial charge in [-0.05, 0) is 48.9 Å². The van der Waals surface area contributed by atoms with Gasteiger partial charge in [-0.1, -0.05) is 18.2 Å². The first-order chi connectivity index (χ1) is 9.65. The summed E-state index contributed by atoms with van der Waals surface area (Å²) < 4.78 is 12.8. The number of hydrogen-bond acceptors (Lipinski definition) is 2. The van der Waals surface area contributed by atoms with E-state index in [2.05, 4.69) is 11.4 Å². The van der Waals surface area contributed by atoms with Crippen LogP contribution in [0.1, 0.15) is 36.2 Å². The molecule has 0 radical (unpaired) electrons. The van der Waals surface area contributed by atoms with Gasteiger partial charge < -0.3 is 5.32 Å². The molecule has 0 saturated carbocycles. The average molecular weight is 291 g/mol. The van der Waals surface area contributed by atoms with Crippen LogP contribution in [0.5, 0.6) is 0 Å². The number of halogens is 1. The van der Waals surface area contributed by atoms with Crippen molar-refractivity contribution in [3.05, 3.63) is 58.0 Å². The van der Waals surface area contributed by atoms with E-state index < -0.39 is 0 Å². The summed E-state index contributed by atoms with van der Waals surface area (Å²) in [4.78, 5) is 13.2. The van der Waals surface area contributed by atoms with E-state index in [1.807, 2.05) is 18.4 Å². The van der Waals surface area contributed by atoms with Crippen molar-refractivity contribution in [1.82, 2.24) is 5.32 Å². The van der Waals surface area contributed by atoms with E-state index in [0.29, 0.717) is 6.42 Å². The fraction of sp³-hybridized carbons (Fsp3) is 0.312. The van der Waals surface area contributed by atoms with Crippen molar-refractivity contribution in [2.45, 2.75) is 32.2 Å². The largest absolute Gasteiger partial charge is 0.350 e. The highest BCUT2D eigenvalue weighted by Gasteiger charge is 2.09. The van der Waals surface area contributed by atoms with Crippen LogP contribution in [0.25, 0.3) is 0 Å². The summed E-state index contributed by atoms with van der Waals surface area (Å²) in [5, 5.41) is 4.99. The molecule has 0 aliphatic rings. The van der Waals surface area contributed by atoms with Crippen LogP contribution in [-0.2, 0) is 11.2 Å². The Kier molecular flexibility index (Phi) is 5.30. The van der Waals surface area contributed by atoms with Crippen LogP contribution in [0.4, 0.5) is 4.39 Å². The minimum atomic E-state index is -0.261. The highest BCUT2D eigenvalue weighted by molar-refractivity contribution is 7.09. The Morgan fingerprint density at radius 1 is 1.30 bits per heavy atom. The molecule has 1 amide bonds. The van der Waals surface area contributed by atoms with Gasteiger partial charge in [0.1, 0.15) is 5.82 Å². The van der Waals surface area contributed by atoms with Crippen molar-refractivity contribution in [2.24, 2.45) is 0 Å². The highest BCUT2D eigenvalue weighted by atomic mass is 32.1. The monoisotopic (exact) mass is 291 g/mol. The first-order valence-corrected chi connectivity index (χ1v) is 7.60. The molecule has 0 fully saturated rings. The summed E-state index contributed by atoms with van der Waals surface area (Å²) in [5.41, 5.74) is 0.915. The maximum atomic E-state index is 12.8. The third-order valence-corrected chi connectivity index (χ3v) is 4.09. The van der Waals surface area contributed by atoms with E-state index in [4.69, 9.17) is 0 Å². The molecule has 1 N–H and O–H groups in total. The topological polar surface area (TPSA) is 29.1 Å². The minimum Gasteiger partial charge on any atom is -0.350 e. The van der Waals surface area contributed by atoms with Gasteiger partial charge in [0.15, 0.2) is 0 Å². The van der Waals surface area contributed by atoms with E-state index >= 15 is 0 Å². The number of rotatable bonds is 6. The summed E-state index contributed by atoms with van der Waals surface area (Å²) >= 11 is 1.72. The Balaban J connectivity index is 1.74. The number of hydrogen-bond donors (Lipinski definition) is 1. The van der Waals surface area contributed by atoms with Gasteiger partial charge >= 0.3 is 0 Å². The summed E-state index contributed by atoms with van der Waals surface area (Å²) in [6.07, 6.45) is 2.31. The number of nitrogens with one attached hydrogen (secondary N) is 1. The number of carbonyl (C=O) groups excluding carboxylic acids is 1. The molecule has 1 aromatic carbocycles. The number of aryl methyl sites for hydroxylation is 1. The highest BCUT2D eigenvalue weighted by Crippen LogP contribution is 2.14. The number of benzene rings is 1. The van der Waals surface area contributed by atoms with Crippen molar-refractivity contribution < 1.29 is 9.18 Å². The van der Waals surface area contributed by atoms with Crippen molar-refractivity contribution in [2.75, 3.05) is 0 Å². The third-order valence-electron chi connectivity index (χ3n) is 3.15. The van der Waals surface area contributed by atoms with Gasteiger partial charge in [-0.25, -0.2) is 4.39 Å². The molecule has 2 nitrogen and oxygen atoms in total. The molecule has 0 spiro atoms. The second-order valence-corrected chi connectivity index (χ2v) is 5.81. The maximum absolute atomic E-state index is 12.8. The number of amides is 1. The Bertz CT molecular complexity index is 536. The van der Waals surface area contributed by atoms with E-state index in [-0.39, 0.29) is 17.8 Å². The maximum Gasteiger partial charge on any atom is 0.220 e. The van der Waals surface area contributed by atoms with Gasteiger partial charge in [-0.15, -0.1) is 11.3 Å². The van der Waals surface area contributed by atoms with E-state index in [1.54, 1.807) is 23.5 Å². The Morgan fingerprint density at radius 3 is 2.70 bits per heavy atom. The molecule has 1 heterocycles. The van der Waals surface area contributed by atoms with Crippen molar-refractivity contribution in [3.8, 4) is 0 Å². The molecule has 1 aromatic heterocycles. The average Bonchev–Trinajstić information content (AvgIpc) is 2.92. The normalized spacial score (nSPS) is 12.1. The standard InChI is InChI=1S/C16H18FNOS/c1-12(13-7-9-14(17)10-8-13)18-16(19)6-2-4-15-5-3-11-20-15/h3,5,7-12H,2,4,6H2,1H3,(H,18,19). The second kappa shape index (κ2) is 7.20. The lowest BCUT2D eigenvalue weighted by atomic mass is 10.1. The van der Waals surface area contributed by atoms with Gasteiger partial charge in [0.25, 0.3) is 0 Å². The SMILES string of the molecule is CC(NC(=O)CCCc1cccs1)c1ccc(F)cc1. The van der Waals surface area contributed by atoms with Crippen molar-refractivity contribution in [3.63, 3.8) is 0 Å². The quantitative estimate of drug-likeness (QED) is 0.853. The fourth-order valence-electron chi connectivity index (χ4n) is 2.03. The van der Waals surface area contributed by atoms with Crippen LogP contribution in [-0.4, -0.2) is 5.91 Å². The summed E-state index contributed by atoms with van der Waals surface area (Å²) in [5.74, 6) is -0.221. The number of carbonyl (C=O) groups is 1. The zero-order valence-electron chi connectivity index (χ0n) is 11.4. The molecule has 106 valence electrons. The molecular weight excluding hydrogens is 273 g/mol. The zero-order chi connectivity index (χ0) is 14.4. The van der Waals surface area contributed by atoms with Gasteiger partial charge in [0, 0.05) is 11.3 Å². The molecule has 0 aliphatic heterocycles. The first kappa shape index (κ1) is 14.7. The van der Waals surface area contributed by atoms with Crippen LogP contribution in [0.15, 0.2) is 41.8 Å². The van der Waals surface area contributed by atoms with Crippen LogP contribution in [0, 0.1) is 5.82 Å². The molecule has 0 saturated heterocycles. The van der Waals surface area contributed by atoms with E-state index in [0.717, 1.165) is 18.4 Å². The van der Waals surface area contributed by atoms with Crippen LogP contribution in [0.3, 0.4) is 0 Å².